The molecule has 0 spiro atoms. The lowest BCUT2D eigenvalue weighted by atomic mass is 10.1. The first-order valence-corrected chi connectivity index (χ1v) is 24.4. The number of ether oxygens (including phenoxy) is 4. The Kier molecular flexibility index (Phi) is 15.9. The Morgan fingerprint density at radius 2 is 1.04 bits per heavy atom. The molecule has 20 nitrogen and oxygen atoms in total. The van der Waals surface area contributed by atoms with Crippen LogP contribution in [0.4, 0.5) is 26.9 Å². The van der Waals surface area contributed by atoms with Crippen LogP contribution in [0.15, 0.2) is 60.9 Å². The minimum absolute atomic E-state index is 0. The van der Waals surface area contributed by atoms with Crippen LogP contribution in [0.25, 0.3) is 44.6 Å². The van der Waals surface area contributed by atoms with Crippen molar-refractivity contribution in [3.05, 3.63) is 66.2 Å². The van der Waals surface area contributed by atoms with E-state index in [4.69, 9.17) is 45.6 Å². The van der Waals surface area contributed by atoms with Gasteiger partial charge >= 0.3 is 12.1 Å². The topological polar surface area (TPSA) is 222 Å². The first kappa shape index (κ1) is 49.2. The molecule has 4 aromatic heterocycles. The molecule has 0 radical (unpaired) electrons. The Hall–Kier alpha value is -5.74. The van der Waals surface area contributed by atoms with Crippen molar-refractivity contribution in [2.75, 3.05) is 82.2 Å². The summed E-state index contributed by atoms with van der Waals surface area (Å²) in [6.45, 7) is 6.69. The van der Waals surface area contributed by atoms with Crippen LogP contribution < -0.4 is 31.5 Å². The van der Waals surface area contributed by atoms with Gasteiger partial charge in [0.1, 0.15) is 0 Å². The van der Waals surface area contributed by atoms with Gasteiger partial charge in [-0.1, -0.05) is 24.3 Å². The highest BCUT2D eigenvalue weighted by Crippen LogP contribution is 2.36. The van der Waals surface area contributed by atoms with E-state index in [1.54, 1.807) is 20.3 Å². The molecule has 6 fully saturated rings. The van der Waals surface area contributed by atoms with Gasteiger partial charge in [0.15, 0.2) is 11.3 Å². The first-order chi connectivity index (χ1) is 33.8. The number of aromatic nitrogens is 8. The number of urea groups is 2. The predicted molar refractivity (Wildman–Crippen MR) is 269 cm³/mol. The zero-order valence-corrected chi connectivity index (χ0v) is 40.9. The van der Waals surface area contributed by atoms with Crippen molar-refractivity contribution in [2.45, 2.75) is 87.9 Å². The van der Waals surface area contributed by atoms with Crippen LogP contribution >= 0.6 is 24.0 Å². The van der Waals surface area contributed by atoms with E-state index in [1.165, 1.54) is 12.8 Å². The van der Waals surface area contributed by atoms with Crippen molar-refractivity contribution >= 4 is 75.5 Å². The summed E-state index contributed by atoms with van der Waals surface area (Å²) in [7, 11) is 3.16. The first-order valence-electron chi connectivity index (χ1n) is 24.0. The average molecular weight is 1000 g/mol. The van der Waals surface area contributed by atoms with Gasteiger partial charge in [0.2, 0.25) is 11.2 Å². The number of nitrogens with one attached hydrogen (secondary N) is 5. The maximum atomic E-state index is 11.7. The molecule has 0 saturated carbocycles. The number of carbonyl (C=O) groups excluding carboxylic acids is 2. The van der Waals surface area contributed by atoms with Crippen LogP contribution in [0.1, 0.15) is 63.5 Å². The summed E-state index contributed by atoms with van der Waals surface area (Å²) in [6.07, 6.45) is 13.6. The molecule has 6 saturated heterocycles. The molecule has 6 aliphatic rings. The van der Waals surface area contributed by atoms with E-state index >= 15 is 0 Å². The number of rotatable bonds is 7. The van der Waals surface area contributed by atoms with E-state index in [9.17, 15) is 9.59 Å². The fraction of sp³-hybridized carbons (Fsp3) is 0.500. The second kappa shape index (κ2) is 22.6. The van der Waals surface area contributed by atoms with Gasteiger partial charge in [-0.05, 0) is 87.2 Å². The quantitative estimate of drug-likeness (QED) is 0.104. The Morgan fingerprint density at radius 3 is 1.51 bits per heavy atom. The highest BCUT2D eigenvalue weighted by atomic mass is 35.5. The number of hydrogen-bond donors (Lipinski definition) is 5. The number of amides is 4. The van der Waals surface area contributed by atoms with Crippen molar-refractivity contribution in [1.29, 1.82) is 0 Å². The molecule has 10 heterocycles. The second-order valence-corrected chi connectivity index (χ2v) is 18.4. The van der Waals surface area contributed by atoms with Crippen LogP contribution in [0.2, 0.25) is 5.28 Å². The number of anilines is 3. The second-order valence-electron chi connectivity index (χ2n) is 18.1. The predicted octanol–water partition coefficient (Wildman–Crippen LogP) is 6.77. The summed E-state index contributed by atoms with van der Waals surface area (Å²) >= 11 is 6.21. The molecule has 4 unspecified atom stereocenters. The molecule has 12 rings (SSSR count). The van der Waals surface area contributed by atoms with Crippen molar-refractivity contribution < 1.29 is 28.5 Å². The van der Waals surface area contributed by atoms with Gasteiger partial charge < -0.3 is 50.4 Å². The van der Waals surface area contributed by atoms with Gasteiger partial charge in [0, 0.05) is 89.2 Å². The van der Waals surface area contributed by atoms with Crippen LogP contribution in [-0.4, -0.2) is 143 Å². The summed E-state index contributed by atoms with van der Waals surface area (Å²) in [5.41, 5.74) is 6.39. The molecular formula is C48H60Cl2N14O6. The van der Waals surface area contributed by atoms with Crippen molar-refractivity contribution in [3.63, 3.8) is 0 Å². The van der Waals surface area contributed by atoms with Crippen LogP contribution in [0.5, 0.6) is 0 Å². The minimum Gasteiger partial charge on any atom is -0.381 e. The van der Waals surface area contributed by atoms with E-state index in [0.717, 1.165) is 147 Å². The molecule has 6 aliphatic heterocycles. The fourth-order valence-electron chi connectivity index (χ4n) is 9.86. The normalized spacial score (nSPS) is 22.0. The average Bonchev–Trinajstić information content (AvgIpc) is 4.19. The lowest BCUT2D eigenvalue weighted by Crippen LogP contribution is -2.43. The molecule has 0 aliphatic carbocycles. The maximum absolute atomic E-state index is 11.7. The van der Waals surface area contributed by atoms with Crippen molar-refractivity contribution in [2.24, 2.45) is 0 Å². The molecular weight excluding hydrogens is 940 g/mol. The minimum atomic E-state index is -0.270. The molecule has 4 atom stereocenters. The van der Waals surface area contributed by atoms with Crippen molar-refractivity contribution in [1.82, 2.24) is 55.4 Å². The Bertz CT molecular complexity index is 2700. The number of nitrogens with zero attached hydrogens (tertiary/aromatic N) is 9. The van der Waals surface area contributed by atoms with E-state index < -0.39 is 0 Å². The van der Waals surface area contributed by atoms with Gasteiger partial charge in [-0.2, -0.15) is 20.2 Å². The van der Waals surface area contributed by atoms with E-state index in [2.05, 4.69) is 51.2 Å². The molecule has 4 amide bonds. The summed E-state index contributed by atoms with van der Waals surface area (Å²) in [6, 6.07) is 15.1. The van der Waals surface area contributed by atoms with E-state index in [0.29, 0.717) is 17.9 Å². The number of benzene rings is 2. The summed E-state index contributed by atoms with van der Waals surface area (Å²) in [5.74, 6) is 0.726. The smallest absolute Gasteiger partial charge is 0.318 e. The standard InChI is InChI=1S/C24H29N7O3.C18H19ClN6O2.C6H11NO.ClH/c1-25-24(32)27-16-4-2-15(3-5-16)21-20-12-26-31(17-8-10-33-11-9-17)22(20)29-23(28-21)30-13-18-6-7-19(14-30)34-18;1-20-18(26)22-12-4-2-11(3-5-12)15-14-10-21-25(13-6-8-27-9-7-13)16(14)24-17(19)23-15;1-2-6-4-7-3-5(1)8-6;/h2-5,12,17-19H,6-11,13-14H2,1H3,(H2,25,27,32);2-5,10,13H,6-9H2,1H3,(H2,20,22,26);5-7H,1-4H2;1H. The third-order valence-electron chi connectivity index (χ3n) is 13.5. The third kappa shape index (κ3) is 11.2. The molecule has 4 bridgehead atoms. The highest BCUT2D eigenvalue weighted by Gasteiger charge is 2.36. The van der Waals surface area contributed by atoms with Crippen LogP contribution in [0, 0.1) is 0 Å². The zero-order valence-electron chi connectivity index (χ0n) is 39.3. The van der Waals surface area contributed by atoms with Gasteiger partial charge in [-0.3, -0.25) is 0 Å². The van der Waals surface area contributed by atoms with Crippen LogP contribution in [-0.2, 0) is 18.9 Å². The van der Waals surface area contributed by atoms with Gasteiger partial charge in [0.25, 0.3) is 0 Å². The lowest BCUT2D eigenvalue weighted by Gasteiger charge is -2.32. The number of carbonyl (C=O) groups is 2. The molecule has 70 heavy (non-hydrogen) atoms. The van der Waals surface area contributed by atoms with Crippen molar-refractivity contribution in [3.8, 4) is 22.5 Å². The Morgan fingerprint density at radius 1 is 0.600 bits per heavy atom. The Labute approximate surface area is 416 Å². The van der Waals surface area contributed by atoms with Gasteiger partial charge in [-0.25, -0.2) is 28.9 Å². The molecule has 5 N–H and O–H groups in total. The number of morpholine rings is 2. The van der Waals surface area contributed by atoms with Gasteiger partial charge in [0.05, 0.1) is 71.1 Å². The molecule has 372 valence electrons. The monoisotopic (exact) mass is 998 g/mol. The summed E-state index contributed by atoms with van der Waals surface area (Å²) in [5, 5.41) is 25.2. The zero-order chi connectivity index (χ0) is 47.3. The number of halogens is 2. The van der Waals surface area contributed by atoms with E-state index in [1.807, 2.05) is 59.4 Å². The lowest BCUT2D eigenvalue weighted by molar-refractivity contribution is 0.0184. The van der Waals surface area contributed by atoms with E-state index in [-0.39, 0.29) is 54.0 Å². The van der Waals surface area contributed by atoms with Crippen LogP contribution in [0.3, 0.4) is 0 Å². The summed E-state index contributed by atoms with van der Waals surface area (Å²) in [4.78, 5) is 44.3. The largest absolute Gasteiger partial charge is 0.381 e. The third-order valence-corrected chi connectivity index (χ3v) is 13.7. The Balaban J connectivity index is 0.000000150. The molecule has 22 heteroatoms. The van der Waals surface area contributed by atoms with Gasteiger partial charge in [-0.15, -0.1) is 12.4 Å². The molecule has 6 aromatic rings. The SMILES string of the molecule is C1CC2CNCC1O2.CNC(=O)Nc1ccc(-c2nc(Cl)nc3c2cnn3C2CCOCC2)cc1.CNC(=O)Nc1ccc(-c2nc(N3CC4CCC(C3)O4)nc3c2cnn3C2CCOCC2)cc1.Cl. The molecule has 2 aromatic carbocycles. The number of fused-ring (bicyclic) bond motifs is 6. The summed E-state index contributed by atoms with van der Waals surface area (Å²) < 4.78 is 26.6. The fourth-order valence-corrected chi connectivity index (χ4v) is 10.0. The maximum Gasteiger partial charge on any atom is 0.318 e. The number of hydrogen-bond acceptors (Lipinski definition) is 14. The highest BCUT2D eigenvalue weighted by molar-refractivity contribution is 6.28.